The third-order valence-electron chi connectivity index (χ3n) is 5.50. The molecule has 0 saturated carbocycles. The summed E-state index contributed by atoms with van der Waals surface area (Å²) in [5.74, 6) is 2.35. The van der Waals surface area contributed by atoms with Gasteiger partial charge in [0.05, 0.1) is 13.7 Å². The van der Waals surface area contributed by atoms with Crippen LogP contribution < -0.4 is 9.64 Å². The molecule has 7 heteroatoms. The smallest absolute Gasteiger partial charge is 0.228 e. The SMILES string of the molecule is COc1ccnc(N2CCCN(Cc3cc4cc(-c5ccsc5)ccc4o3)CC2)n1. The Morgan fingerprint density at radius 3 is 2.90 bits per heavy atom. The second-order valence-electron chi connectivity index (χ2n) is 7.49. The molecule has 30 heavy (non-hydrogen) atoms. The third kappa shape index (κ3) is 4.04. The van der Waals surface area contributed by atoms with Crippen LogP contribution in [0.5, 0.6) is 5.88 Å². The first-order chi connectivity index (χ1) is 14.8. The van der Waals surface area contributed by atoms with Crippen molar-refractivity contribution in [3.63, 3.8) is 0 Å². The first-order valence-electron chi connectivity index (χ1n) is 10.2. The Bertz CT molecular complexity index is 1130. The molecule has 0 unspecified atom stereocenters. The highest BCUT2D eigenvalue weighted by Crippen LogP contribution is 2.28. The lowest BCUT2D eigenvalue weighted by Gasteiger charge is -2.21. The summed E-state index contributed by atoms with van der Waals surface area (Å²) in [7, 11) is 1.63. The van der Waals surface area contributed by atoms with E-state index in [0.29, 0.717) is 5.88 Å². The van der Waals surface area contributed by atoms with E-state index in [4.69, 9.17) is 9.15 Å². The largest absolute Gasteiger partial charge is 0.481 e. The van der Waals surface area contributed by atoms with Gasteiger partial charge in [0.2, 0.25) is 11.8 Å². The standard InChI is InChI=1S/C23H24N4O2S/c1-28-22-5-7-24-23(25-22)27-9-2-8-26(10-11-27)15-20-14-19-13-17(3-4-21(19)29-20)18-6-12-30-16-18/h3-7,12-14,16H,2,8-11,15H2,1H3. The minimum absolute atomic E-state index is 0.602. The van der Waals surface area contributed by atoms with Crippen LogP contribution in [0.4, 0.5) is 5.95 Å². The lowest BCUT2D eigenvalue weighted by molar-refractivity contribution is 0.263. The van der Waals surface area contributed by atoms with Crippen molar-refractivity contribution in [2.45, 2.75) is 13.0 Å². The monoisotopic (exact) mass is 420 g/mol. The number of aromatic nitrogens is 2. The summed E-state index contributed by atoms with van der Waals surface area (Å²) in [5, 5.41) is 5.45. The molecule has 0 bridgehead atoms. The Kier molecular flexibility index (Phi) is 5.38. The fraction of sp³-hybridized carbons (Fsp3) is 0.304. The summed E-state index contributed by atoms with van der Waals surface area (Å²) in [6, 6.07) is 12.5. The minimum atomic E-state index is 0.602. The van der Waals surface area contributed by atoms with Gasteiger partial charge < -0.3 is 14.1 Å². The van der Waals surface area contributed by atoms with Gasteiger partial charge in [-0.2, -0.15) is 16.3 Å². The second-order valence-corrected chi connectivity index (χ2v) is 8.27. The topological polar surface area (TPSA) is 54.6 Å². The second kappa shape index (κ2) is 8.45. The molecule has 1 saturated heterocycles. The molecule has 1 aromatic carbocycles. The van der Waals surface area contributed by atoms with Crippen LogP contribution in [0.15, 0.2) is 57.8 Å². The summed E-state index contributed by atoms with van der Waals surface area (Å²) in [6.45, 7) is 4.61. The number of fused-ring (bicyclic) bond motifs is 1. The molecule has 5 rings (SSSR count). The van der Waals surface area contributed by atoms with E-state index >= 15 is 0 Å². The number of furan rings is 1. The normalized spacial score (nSPS) is 15.4. The maximum atomic E-state index is 6.13. The Morgan fingerprint density at radius 1 is 1.07 bits per heavy atom. The van der Waals surface area contributed by atoms with Crippen molar-refractivity contribution in [1.82, 2.24) is 14.9 Å². The maximum Gasteiger partial charge on any atom is 0.228 e. The van der Waals surface area contributed by atoms with E-state index in [1.54, 1.807) is 30.7 Å². The predicted octanol–water partition coefficient (Wildman–Crippen LogP) is 4.67. The molecule has 154 valence electrons. The average Bonchev–Trinajstić information content (AvgIpc) is 3.39. The van der Waals surface area contributed by atoms with Crippen molar-refractivity contribution in [3.8, 4) is 17.0 Å². The lowest BCUT2D eigenvalue weighted by atomic mass is 10.1. The average molecular weight is 421 g/mol. The van der Waals surface area contributed by atoms with Gasteiger partial charge in [-0.15, -0.1) is 0 Å². The zero-order valence-corrected chi connectivity index (χ0v) is 17.8. The van der Waals surface area contributed by atoms with E-state index in [9.17, 15) is 0 Å². The molecule has 1 aliphatic heterocycles. The molecule has 0 amide bonds. The van der Waals surface area contributed by atoms with E-state index in [2.05, 4.69) is 60.9 Å². The molecular weight excluding hydrogens is 396 g/mol. The van der Waals surface area contributed by atoms with E-state index in [1.807, 2.05) is 0 Å². The molecular formula is C23H24N4O2S. The molecule has 4 heterocycles. The van der Waals surface area contributed by atoms with Crippen molar-refractivity contribution in [3.05, 3.63) is 59.1 Å². The minimum Gasteiger partial charge on any atom is -0.481 e. The van der Waals surface area contributed by atoms with Crippen LogP contribution >= 0.6 is 11.3 Å². The van der Waals surface area contributed by atoms with Crippen LogP contribution in [0, 0.1) is 0 Å². The van der Waals surface area contributed by atoms with Gasteiger partial charge in [-0.25, -0.2) is 4.98 Å². The van der Waals surface area contributed by atoms with Crippen molar-refractivity contribution in [2.24, 2.45) is 0 Å². The Hall–Kier alpha value is -2.90. The predicted molar refractivity (Wildman–Crippen MR) is 120 cm³/mol. The lowest BCUT2D eigenvalue weighted by Crippen LogP contribution is -2.31. The van der Waals surface area contributed by atoms with Crippen molar-refractivity contribution in [2.75, 3.05) is 38.2 Å². The molecule has 1 aliphatic rings. The molecule has 0 radical (unpaired) electrons. The molecule has 0 aliphatic carbocycles. The number of rotatable bonds is 5. The molecule has 6 nitrogen and oxygen atoms in total. The van der Waals surface area contributed by atoms with Crippen LogP contribution in [0.25, 0.3) is 22.1 Å². The van der Waals surface area contributed by atoms with E-state index in [1.165, 1.54) is 11.1 Å². The quantitative estimate of drug-likeness (QED) is 0.468. The van der Waals surface area contributed by atoms with Gasteiger partial charge in [-0.1, -0.05) is 6.07 Å². The third-order valence-corrected chi connectivity index (χ3v) is 6.18. The zero-order valence-electron chi connectivity index (χ0n) is 17.0. The summed E-state index contributed by atoms with van der Waals surface area (Å²) in [5.41, 5.74) is 3.45. The highest BCUT2D eigenvalue weighted by Gasteiger charge is 2.19. The van der Waals surface area contributed by atoms with Gasteiger partial charge in [0, 0.05) is 43.8 Å². The van der Waals surface area contributed by atoms with Crippen LogP contribution in [-0.4, -0.2) is 48.2 Å². The van der Waals surface area contributed by atoms with E-state index in [0.717, 1.165) is 61.8 Å². The highest BCUT2D eigenvalue weighted by molar-refractivity contribution is 7.08. The summed E-state index contributed by atoms with van der Waals surface area (Å²) in [6.07, 6.45) is 2.81. The summed E-state index contributed by atoms with van der Waals surface area (Å²) in [4.78, 5) is 13.6. The van der Waals surface area contributed by atoms with Crippen molar-refractivity contribution < 1.29 is 9.15 Å². The van der Waals surface area contributed by atoms with Crippen LogP contribution in [0.3, 0.4) is 0 Å². The number of methoxy groups -OCH3 is 1. The zero-order chi connectivity index (χ0) is 20.3. The van der Waals surface area contributed by atoms with Gasteiger partial charge in [0.1, 0.15) is 11.3 Å². The van der Waals surface area contributed by atoms with Gasteiger partial charge >= 0.3 is 0 Å². The first-order valence-corrected chi connectivity index (χ1v) is 11.1. The fourth-order valence-corrected chi connectivity index (χ4v) is 4.60. The Morgan fingerprint density at radius 2 is 2.03 bits per heavy atom. The van der Waals surface area contributed by atoms with Crippen LogP contribution in [0.1, 0.15) is 12.2 Å². The van der Waals surface area contributed by atoms with Crippen LogP contribution in [-0.2, 0) is 6.54 Å². The number of hydrogen-bond acceptors (Lipinski definition) is 7. The number of hydrogen-bond donors (Lipinski definition) is 0. The number of ether oxygens (including phenoxy) is 1. The molecule has 3 aromatic heterocycles. The van der Waals surface area contributed by atoms with Gasteiger partial charge in [-0.3, -0.25) is 4.90 Å². The van der Waals surface area contributed by atoms with Crippen molar-refractivity contribution in [1.29, 1.82) is 0 Å². The summed E-state index contributed by atoms with van der Waals surface area (Å²) < 4.78 is 11.4. The number of anilines is 1. The molecule has 0 atom stereocenters. The first kappa shape index (κ1) is 19.1. The molecule has 4 aromatic rings. The van der Waals surface area contributed by atoms with Gasteiger partial charge in [-0.05, 0) is 52.6 Å². The van der Waals surface area contributed by atoms with Gasteiger partial charge in [0.15, 0.2) is 0 Å². The number of benzene rings is 1. The highest BCUT2D eigenvalue weighted by atomic mass is 32.1. The van der Waals surface area contributed by atoms with Gasteiger partial charge in [0.25, 0.3) is 0 Å². The maximum absolute atomic E-state index is 6.13. The Labute approximate surface area is 179 Å². The Balaban J connectivity index is 1.27. The molecule has 0 spiro atoms. The number of thiophene rings is 1. The van der Waals surface area contributed by atoms with Crippen LogP contribution in [0.2, 0.25) is 0 Å². The van der Waals surface area contributed by atoms with Crippen molar-refractivity contribution >= 4 is 28.3 Å². The van der Waals surface area contributed by atoms with E-state index < -0.39 is 0 Å². The molecule has 0 N–H and O–H groups in total. The van der Waals surface area contributed by atoms with E-state index in [-0.39, 0.29) is 0 Å². The fourth-order valence-electron chi connectivity index (χ4n) is 3.93. The number of nitrogens with zero attached hydrogens (tertiary/aromatic N) is 4. The molecule has 1 fully saturated rings. The summed E-state index contributed by atoms with van der Waals surface area (Å²) >= 11 is 1.72.